The monoisotopic (exact) mass is 549 g/mol. The zero-order chi connectivity index (χ0) is 24.9. The van der Waals surface area contributed by atoms with Crippen LogP contribution in [0.2, 0.25) is 15.1 Å². The maximum Gasteiger partial charge on any atom is 0.269 e. The van der Waals surface area contributed by atoms with Crippen molar-refractivity contribution in [3.8, 4) is 0 Å². The van der Waals surface area contributed by atoms with E-state index in [-0.39, 0.29) is 39.2 Å². The van der Waals surface area contributed by atoms with E-state index >= 15 is 0 Å². The number of nitrogens with one attached hydrogen (secondary N) is 2. The van der Waals surface area contributed by atoms with Gasteiger partial charge in [-0.15, -0.1) is 0 Å². The molecule has 35 heavy (non-hydrogen) atoms. The SMILES string of the molecule is O=[N+]([O-])c1ccc(Cl)c([C@H]2Nc3ccc(S(=O)(=O)Nc4ccc(Cl)cc4Cl)cc3[C@H]3C=CC[C@H]32)c1. The number of halogens is 3. The number of hydrogen-bond acceptors (Lipinski definition) is 5. The number of nitrogens with zero attached hydrogens (tertiary/aromatic N) is 1. The molecule has 0 unspecified atom stereocenters. The van der Waals surface area contributed by atoms with E-state index in [1.54, 1.807) is 18.2 Å². The van der Waals surface area contributed by atoms with Crippen LogP contribution in [-0.4, -0.2) is 13.3 Å². The molecule has 11 heteroatoms. The van der Waals surface area contributed by atoms with Crippen molar-refractivity contribution in [1.82, 2.24) is 0 Å². The Morgan fingerprint density at radius 2 is 1.77 bits per heavy atom. The summed E-state index contributed by atoms with van der Waals surface area (Å²) in [4.78, 5) is 11.0. The first-order valence-corrected chi connectivity index (χ1v) is 13.2. The summed E-state index contributed by atoms with van der Waals surface area (Å²) in [5.74, 6) is -0.0699. The van der Waals surface area contributed by atoms with Gasteiger partial charge in [-0.1, -0.05) is 47.0 Å². The van der Waals surface area contributed by atoms with Crippen molar-refractivity contribution >= 4 is 61.9 Å². The Bertz CT molecular complexity index is 1490. The molecule has 7 nitrogen and oxygen atoms in total. The number of hydrogen-bond donors (Lipinski definition) is 2. The van der Waals surface area contributed by atoms with E-state index in [4.69, 9.17) is 34.8 Å². The van der Waals surface area contributed by atoms with Gasteiger partial charge in [-0.25, -0.2) is 8.42 Å². The van der Waals surface area contributed by atoms with Crippen LogP contribution in [0, 0.1) is 16.0 Å². The average Bonchev–Trinajstić information content (AvgIpc) is 3.31. The van der Waals surface area contributed by atoms with Crippen molar-refractivity contribution in [3.63, 3.8) is 0 Å². The first-order valence-electron chi connectivity index (χ1n) is 10.6. The summed E-state index contributed by atoms with van der Waals surface area (Å²) in [7, 11) is -3.92. The fourth-order valence-corrected chi connectivity index (χ4v) is 6.57. The number of sulfonamides is 1. The van der Waals surface area contributed by atoms with Crippen LogP contribution in [0.4, 0.5) is 17.1 Å². The summed E-state index contributed by atoms with van der Waals surface area (Å²) in [5, 5.41) is 15.8. The van der Waals surface area contributed by atoms with Crippen molar-refractivity contribution in [2.24, 2.45) is 5.92 Å². The van der Waals surface area contributed by atoms with Crippen molar-refractivity contribution in [2.75, 3.05) is 10.0 Å². The van der Waals surface area contributed by atoms with Gasteiger partial charge in [0.1, 0.15) is 0 Å². The number of anilines is 2. The Morgan fingerprint density at radius 3 is 2.51 bits per heavy atom. The molecule has 0 radical (unpaired) electrons. The standard InChI is InChI=1S/C24H18Cl3N3O4S/c25-13-4-8-23(21(27)10-13)29-35(33,34)15-6-9-22-18(12-15)16-2-1-3-17(16)24(28-22)19-11-14(30(31)32)5-7-20(19)26/h1-2,4-12,16-17,24,28-29H,3H2/t16-,17+,24-/m0/s1. The molecule has 3 aromatic rings. The Morgan fingerprint density at radius 1 is 0.971 bits per heavy atom. The van der Waals surface area contributed by atoms with Gasteiger partial charge in [0, 0.05) is 39.3 Å². The number of benzene rings is 3. The van der Waals surface area contributed by atoms with Gasteiger partial charge in [0.2, 0.25) is 0 Å². The summed E-state index contributed by atoms with van der Waals surface area (Å²) < 4.78 is 28.8. The van der Waals surface area contributed by atoms with E-state index in [2.05, 4.69) is 10.0 Å². The molecule has 1 aliphatic heterocycles. The minimum atomic E-state index is -3.92. The Hall–Kier alpha value is -2.78. The fourth-order valence-electron chi connectivity index (χ4n) is 4.71. The number of nitro benzene ring substituents is 1. The normalized spacial score (nSPS) is 20.6. The molecule has 2 aliphatic rings. The number of non-ortho nitro benzene ring substituents is 1. The maximum atomic E-state index is 13.1. The molecule has 180 valence electrons. The molecule has 0 spiro atoms. The van der Waals surface area contributed by atoms with Crippen LogP contribution in [0.5, 0.6) is 0 Å². The van der Waals surface area contributed by atoms with Crippen LogP contribution in [0.3, 0.4) is 0 Å². The number of nitro groups is 1. The molecular weight excluding hydrogens is 533 g/mol. The lowest BCUT2D eigenvalue weighted by atomic mass is 9.77. The third-order valence-corrected chi connectivity index (χ3v) is 8.60. The molecule has 0 fully saturated rings. The lowest BCUT2D eigenvalue weighted by molar-refractivity contribution is -0.384. The highest BCUT2D eigenvalue weighted by Crippen LogP contribution is 2.51. The van der Waals surface area contributed by atoms with E-state index < -0.39 is 14.9 Å². The summed E-state index contributed by atoms with van der Waals surface area (Å²) >= 11 is 18.5. The van der Waals surface area contributed by atoms with Crippen LogP contribution in [0.25, 0.3) is 0 Å². The highest BCUT2D eigenvalue weighted by Gasteiger charge is 2.39. The Balaban J connectivity index is 1.51. The number of fused-ring (bicyclic) bond motifs is 3. The third kappa shape index (κ3) is 4.47. The van der Waals surface area contributed by atoms with Crippen molar-refractivity contribution < 1.29 is 13.3 Å². The second kappa shape index (κ2) is 9.02. The van der Waals surface area contributed by atoms with E-state index in [0.29, 0.717) is 15.6 Å². The number of rotatable bonds is 5. The van der Waals surface area contributed by atoms with Crippen molar-refractivity contribution in [1.29, 1.82) is 0 Å². The molecule has 1 heterocycles. The molecule has 0 bridgehead atoms. The lowest BCUT2D eigenvalue weighted by Crippen LogP contribution is -2.29. The quantitative estimate of drug-likeness (QED) is 0.199. The van der Waals surface area contributed by atoms with Gasteiger partial charge in [0.05, 0.1) is 26.6 Å². The van der Waals surface area contributed by atoms with Gasteiger partial charge in [-0.05, 0) is 60.4 Å². The van der Waals surface area contributed by atoms with E-state index in [1.807, 2.05) is 12.2 Å². The van der Waals surface area contributed by atoms with E-state index in [9.17, 15) is 18.5 Å². The predicted molar refractivity (Wildman–Crippen MR) is 138 cm³/mol. The summed E-state index contributed by atoms with van der Waals surface area (Å²) in [6.07, 6.45) is 4.80. The lowest BCUT2D eigenvalue weighted by Gasteiger charge is -2.38. The van der Waals surface area contributed by atoms with Gasteiger partial charge in [0.15, 0.2) is 0 Å². The highest BCUT2D eigenvalue weighted by molar-refractivity contribution is 7.92. The molecule has 2 N–H and O–H groups in total. The number of allylic oxidation sites excluding steroid dienone is 2. The molecule has 3 atom stereocenters. The highest BCUT2D eigenvalue weighted by atomic mass is 35.5. The molecule has 0 aromatic heterocycles. The van der Waals surface area contributed by atoms with Crippen molar-refractivity contribution in [3.05, 3.63) is 103 Å². The van der Waals surface area contributed by atoms with Crippen LogP contribution >= 0.6 is 34.8 Å². The second-order valence-electron chi connectivity index (χ2n) is 8.42. The van der Waals surface area contributed by atoms with Gasteiger partial charge >= 0.3 is 0 Å². The Kier molecular flexibility index (Phi) is 6.17. The van der Waals surface area contributed by atoms with Gasteiger partial charge in [-0.2, -0.15) is 0 Å². The molecule has 1 aliphatic carbocycles. The van der Waals surface area contributed by atoms with Crippen LogP contribution in [0.1, 0.15) is 29.5 Å². The summed E-state index contributed by atoms with van der Waals surface area (Å²) in [6.45, 7) is 0. The van der Waals surface area contributed by atoms with Gasteiger partial charge in [-0.3, -0.25) is 14.8 Å². The molecule has 0 saturated heterocycles. The first kappa shape index (κ1) is 23.9. The topological polar surface area (TPSA) is 101 Å². The smallest absolute Gasteiger partial charge is 0.269 e. The van der Waals surface area contributed by atoms with E-state index in [0.717, 1.165) is 17.7 Å². The fraction of sp³-hybridized carbons (Fsp3) is 0.167. The van der Waals surface area contributed by atoms with Crippen LogP contribution in [0.15, 0.2) is 71.6 Å². The molecule has 5 rings (SSSR count). The average molecular weight is 551 g/mol. The third-order valence-electron chi connectivity index (χ3n) is 6.35. The van der Waals surface area contributed by atoms with E-state index in [1.165, 1.54) is 36.4 Å². The second-order valence-corrected chi connectivity index (χ2v) is 11.4. The molecule has 3 aromatic carbocycles. The largest absolute Gasteiger partial charge is 0.378 e. The summed E-state index contributed by atoms with van der Waals surface area (Å²) in [5.41, 5.74) is 2.40. The first-order chi connectivity index (χ1) is 16.6. The maximum absolute atomic E-state index is 13.1. The minimum Gasteiger partial charge on any atom is -0.378 e. The molecular formula is C24H18Cl3N3O4S. The van der Waals surface area contributed by atoms with Crippen LogP contribution < -0.4 is 10.0 Å². The summed E-state index contributed by atoms with van der Waals surface area (Å²) in [6, 6.07) is 13.5. The zero-order valence-corrected chi connectivity index (χ0v) is 21.0. The zero-order valence-electron chi connectivity index (χ0n) is 17.9. The van der Waals surface area contributed by atoms with Crippen molar-refractivity contribution in [2.45, 2.75) is 23.3 Å². The van der Waals surface area contributed by atoms with Gasteiger partial charge < -0.3 is 5.32 Å². The van der Waals surface area contributed by atoms with Gasteiger partial charge in [0.25, 0.3) is 15.7 Å². The molecule has 0 amide bonds. The Labute approximate surface area is 216 Å². The van der Waals surface area contributed by atoms with Crippen LogP contribution in [-0.2, 0) is 10.0 Å². The minimum absolute atomic E-state index is 0.0126. The molecule has 0 saturated carbocycles. The predicted octanol–water partition coefficient (Wildman–Crippen LogP) is 7.18.